The Morgan fingerprint density at radius 1 is 1.48 bits per heavy atom. The molecule has 1 N–H and O–H groups in total. The molecule has 1 aromatic heterocycles. The molecule has 0 radical (unpaired) electrons. The number of amides is 1. The maximum absolute atomic E-state index is 12.2. The molecular weight excluding hydrogens is 290 g/mol. The number of nitrogens with zero attached hydrogens (tertiary/aromatic N) is 2. The van der Waals surface area contributed by atoms with Crippen LogP contribution in [-0.2, 0) is 11.3 Å². The first-order valence-electron chi connectivity index (χ1n) is 8.30. The van der Waals surface area contributed by atoms with E-state index in [4.69, 9.17) is 0 Å². The first-order valence-corrected chi connectivity index (χ1v) is 8.30. The summed E-state index contributed by atoms with van der Waals surface area (Å²) in [6, 6.07) is 1.57. The molecule has 5 heteroatoms. The van der Waals surface area contributed by atoms with E-state index in [0.717, 1.165) is 6.42 Å². The zero-order valence-electron chi connectivity index (χ0n) is 14.1. The fourth-order valence-corrected chi connectivity index (χ4v) is 4.05. The predicted octanol–water partition coefficient (Wildman–Crippen LogP) is 2.05. The fraction of sp³-hybridized carbons (Fsp3) is 0.611. The van der Waals surface area contributed by atoms with Crippen molar-refractivity contribution in [2.45, 2.75) is 52.6 Å². The number of aromatic nitrogens is 2. The first-order chi connectivity index (χ1) is 10.8. The summed E-state index contributed by atoms with van der Waals surface area (Å²) >= 11 is 0. The van der Waals surface area contributed by atoms with E-state index in [2.05, 4.69) is 30.7 Å². The minimum absolute atomic E-state index is 0.0252. The van der Waals surface area contributed by atoms with Gasteiger partial charge in [-0.2, -0.15) is 0 Å². The smallest absolute Gasteiger partial charge is 0.253 e. The SMILES string of the molecule is C=C1C(NC(=O)CCn2cnc(C)cc2=O)C[C@H]2C[C@@H]1C2(C)C. The number of hydrogen-bond donors (Lipinski definition) is 1. The van der Waals surface area contributed by atoms with E-state index >= 15 is 0 Å². The Morgan fingerprint density at radius 2 is 2.22 bits per heavy atom. The molecule has 3 aliphatic carbocycles. The van der Waals surface area contributed by atoms with Gasteiger partial charge in [0.05, 0.1) is 12.4 Å². The van der Waals surface area contributed by atoms with Crippen LogP contribution in [-0.4, -0.2) is 21.5 Å². The quantitative estimate of drug-likeness (QED) is 0.865. The molecule has 0 aliphatic heterocycles. The predicted molar refractivity (Wildman–Crippen MR) is 88.9 cm³/mol. The van der Waals surface area contributed by atoms with Crippen molar-refractivity contribution in [3.63, 3.8) is 0 Å². The Bertz CT molecular complexity index is 704. The minimum atomic E-state index is -0.115. The molecule has 1 amide bonds. The average Bonchev–Trinajstić information content (AvgIpc) is 2.47. The van der Waals surface area contributed by atoms with Crippen molar-refractivity contribution < 1.29 is 4.79 Å². The minimum Gasteiger partial charge on any atom is -0.350 e. The van der Waals surface area contributed by atoms with Gasteiger partial charge in [-0.25, -0.2) is 4.98 Å². The maximum atomic E-state index is 12.2. The third-order valence-corrected chi connectivity index (χ3v) is 5.82. The molecule has 4 rings (SSSR count). The zero-order valence-corrected chi connectivity index (χ0v) is 14.1. The lowest BCUT2D eigenvalue weighted by Gasteiger charge is -2.60. The number of carbonyl (C=O) groups excluding carboxylic acids is 1. The zero-order chi connectivity index (χ0) is 16.8. The van der Waals surface area contributed by atoms with Crippen LogP contribution in [0.2, 0.25) is 0 Å². The van der Waals surface area contributed by atoms with Gasteiger partial charge in [0.15, 0.2) is 0 Å². The standard InChI is InChI=1S/C18H25N3O2/c1-11-7-17(23)21(10-19-11)6-5-16(22)20-15-9-13-8-14(12(15)2)18(13,3)4/h7,10,13-15H,2,5-6,8-9H2,1,3-4H3,(H,20,22)/t13-,14+,15?/m1/s1. The van der Waals surface area contributed by atoms with E-state index in [0.29, 0.717) is 29.5 Å². The number of rotatable bonds is 4. The number of fused-ring (bicyclic) bond motifs is 2. The maximum Gasteiger partial charge on any atom is 0.253 e. The van der Waals surface area contributed by atoms with Crippen molar-refractivity contribution in [2.75, 3.05) is 0 Å². The second kappa shape index (κ2) is 5.62. The van der Waals surface area contributed by atoms with Crippen molar-refractivity contribution >= 4 is 5.91 Å². The van der Waals surface area contributed by atoms with E-state index in [1.807, 2.05) is 0 Å². The van der Waals surface area contributed by atoms with Gasteiger partial charge in [-0.1, -0.05) is 26.0 Å². The summed E-state index contributed by atoms with van der Waals surface area (Å²) in [4.78, 5) is 28.1. The number of carbonyl (C=O) groups is 1. The number of hydrogen-bond acceptors (Lipinski definition) is 3. The molecule has 0 aromatic carbocycles. The third kappa shape index (κ3) is 2.84. The summed E-state index contributed by atoms with van der Waals surface area (Å²) in [7, 11) is 0. The van der Waals surface area contributed by atoms with Crippen LogP contribution in [0.3, 0.4) is 0 Å². The summed E-state index contributed by atoms with van der Waals surface area (Å²) < 4.78 is 1.48. The van der Waals surface area contributed by atoms with Gasteiger partial charge in [0, 0.05) is 24.7 Å². The van der Waals surface area contributed by atoms with Crippen LogP contribution in [0.15, 0.2) is 29.3 Å². The van der Waals surface area contributed by atoms with E-state index in [-0.39, 0.29) is 23.9 Å². The molecule has 3 saturated carbocycles. The summed E-state index contributed by atoms with van der Waals surface area (Å²) in [6.45, 7) is 11.0. The Morgan fingerprint density at radius 3 is 2.83 bits per heavy atom. The molecule has 1 unspecified atom stereocenters. The van der Waals surface area contributed by atoms with Crippen LogP contribution in [0, 0.1) is 24.2 Å². The Hall–Kier alpha value is -1.91. The largest absolute Gasteiger partial charge is 0.350 e. The highest BCUT2D eigenvalue weighted by atomic mass is 16.2. The molecule has 124 valence electrons. The molecule has 3 aliphatic rings. The molecular formula is C18H25N3O2. The van der Waals surface area contributed by atoms with Gasteiger partial charge in [-0.15, -0.1) is 0 Å². The fourth-order valence-electron chi connectivity index (χ4n) is 4.05. The molecule has 2 bridgehead atoms. The van der Waals surface area contributed by atoms with Crippen molar-refractivity contribution in [1.29, 1.82) is 0 Å². The van der Waals surface area contributed by atoms with Gasteiger partial charge in [-0.3, -0.25) is 14.2 Å². The highest BCUT2D eigenvalue weighted by Gasteiger charge is 2.54. The molecule has 0 saturated heterocycles. The van der Waals surface area contributed by atoms with E-state index in [9.17, 15) is 9.59 Å². The lowest BCUT2D eigenvalue weighted by Crippen LogP contribution is -2.57. The third-order valence-electron chi connectivity index (χ3n) is 5.82. The molecule has 23 heavy (non-hydrogen) atoms. The average molecular weight is 315 g/mol. The lowest BCUT2D eigenvalue weighted by atomic mass is 9.46. The summed E-state index contributed by atoms with van der Waals surface area (Å²) in [5.41, 5.74) is 2.07. The number of nitrogens with one attached hydrogen (secondary N) is 1. The lowest BCUT2D eigenvalue weighted by molar-refractivity contribution is -0.123. The van der Waals surface area contributed by atoms with Crippen molar-refractivity contribution in [3.05, 3.63) is 40.6 Å². The van der Waals surface area contributed by atoms with Gasteiger partial charge >= 0.3 is 0 Å². The van der Waals surface area contributed by atoms with Crippen LogP contribution in [0.25, 0.3) is 0 Å². The first kappa shape index (κ1) is 16.0. The van der Waals surface area contributed by atoms with Crippen LogP contribution in [0.4, 0.5) is 0 Å². The highest BCUT2D eigenvalue weighted by molar-refractivity contribution is 5.76. The van der Waals surface area contributed by atoms with E-state index < -0.39 is 0 Å². The van der Waals surface area contributed by atoms with Crippen molar-refractivity contribution in [3.8, 4) is 0 Å². The van der Waals surface area contributed by atoms with Gasteiger partial charge in [0.1, 0.15) is 0 Å². The monoisotopic (exact) mass is 315 g/mol. The Balaban J connectivity index is 1.54. The molecule has 3 atom stereocenters. The molecule has 1 heterocycles. The molecule has 0 spiro atoms. The van der Waals surface area contributed by atoms with Crippen LogP contribution in [0.5, 0.6) is 0 Å². The Kier molecular flexibility index (Phi) is 3.90. The Labute approximate surface area is 136 Å². The van der Waals surface area contributed by atoms with Crippen molar-refractivity contribution in [1.82, 2.24) is 14.9 Å². The normalized spacial score (nSPS) is 28.1. The topological polar surface area (TPSA) is 64.0 Å². The van der Waals surface area contributed by atoms with Gasteiger partial charge in [-0.05, 0) is 37.0 Å². The summed E-state index contributed by atoms with van der Waals surface area (Å²) in [5.74, 6) is 1.17. The second-order valence-corrected chi connectivity index (χ2v) is 7.55. The summed E-state index contributed by atoms with van der Waals surface area (Å²) in [5, 5.41) is 3.09. The molecule has 3 fully saturated rings. The second-order valence-electron chi connectivity index (χ2n) is 7.55. The van der Waals surface area contributed by atoms with Gasteiger partial charge in [0.25, 0.3) is 5.56 Å². The van der Waals surface area contributed by atoms with Gasteiger partial charge < -0.3 is 5.32 Å². The molecule has 5 nitrogen and oxygen atoms in total. The van der Waals surface area contributed by atoms with Crippen LogP contribution >= 0.6 is 0 Å². The van der Waals surface area contributed by atoms with Crippen LogP contribution in [0.1, 0.15) is 38.8 Å². The molecule has 1 aromatic rings. The number of aryl methyl sites for hydroxylation is 2. The summed E-state index contributed by atoms with van der Waals surface area (Å²) in [6.07, 6.45) is 3.98. The van der Waals surface area contributed by atoms with Crippen molar-refractivity contribution in [2.24, 2.45) is 17.3 Å². The highest BCUT2D eigenvalue weighted by Crippen LogP contribution is 2.60. The van der Waals surface area contributed by atoms with E-state index in [1.165, 1.54) is 29.0 Å². The van der Waals surface area contributed by atoms with Crippen LogP contribution < -0.4 is 10.9 Å². The van der Waals surface area contributed by atoms with Gasteiger partial charge in [0.2, 0.25) is 5.91 Å². The van der Waals surface area contributed by atoms with E-state index in [1.54, 1.807) is 6.92 Å².